The molecule has 0 radical (unpaired) electrons. The first-order chi connectivity index (χ1) is 8.57. The van der Waals surface area contributed by atoms with Crippen LogP contribution in [0.3, 0.4) is 0 Å². The van der Waals surface area contributed by atoms with Crippen LogP contribution in [0.4, 0.5) is 0 Å². The second kappa shape index (κ2) is 5.39. The van der Waals surface area contributed by atoms with Gasteiger partial charge in [0.25, 0.3) is 0 Å². The smallest absolute Gasteiger partial charge is 0.230 e. The minimum absolute atomic E-state index is 0.0205. The zero-order chi connectivity index (χ0) is 13.2. The molecule has 1 aliphatic carbocycles. The summed E-state index contributed by atoms with van der Waals surface area (Å²) in [4.78, 5) is 23.8. The summed E-state index contributed by atoms with van der Waals surface area (Å²) in [5, 5.41) is 2.52. The molecule has 0 aromatic rings. The highest BCUT2D eigenvalue weighted by Gasteiger charge is 2.48. The third-order valence-electron chi connectivity index (χ3n) is 4.61. The van der Waals surface area contributed by atoms with Crippen molar-refractivity contribution >= 4 is 11.8 Å². The number of ether oxygens (including phenoxy) is 1. The maximum atomic E-state index is 12.2. The average Bonchev–Trinajstić information content (AvgIpc) is 2.78. The van der Waals surface area contributed by atoms with E-state index >= 15 is 0 Å². The molecule has 0 bridgehead atoms. The number of methoxy groups -OCH3 is 1. The largest absolute Gasteiger partial charge is 0.385 e. The molecule has 0 aromatic carbocycles. The van der Waals surface area contributed by atoms with Crippen LogP contribution in [0.5, 0.6) is 0 Å². The molecule has 0 aromatic heterocycles. The Bertz CT molecular complexity index is 336. The molecule has 4 nitrogen and oxygen atoms in total. The van der Waals surface area contributed by atoms with E-state index in [0.717, 1.165) is 19.3 Å². The van der Waals surface area contributed by atoms with Gasteiger partial charge in [0.15, 0.2) is 0 Å². The van der Waals surface area contributed by atoms with Crippen LogP contribution in [0.25, 0.3) is 0 Å². The number of hydrogen-bond donors (Lipinski definition) is 1. The molecule has 0 spiro atoms. The van der Waals surface area contributed by atoms with Crippen LogP contribution in [-0.4, -0.2) is 25.5 Å². The summed E-state index contributed by atoms with van der Waals surface area (Å²) in [6.45, 7) is 2.69. The van der Waals surface area contributed by atoms with Crippen LogP contribution >= 0.6 is 0 Å². The molecule has 1 heterocycles. The molecule has 2 amide bonds. The van der Waals surface area contributed by atoms with E-state index in [4.69, 9.17) is 4.74 Å². The van der Waals surface area contributed by atoms with Crippen molar-refractivity contribution in [3.05, 3.63) is 0 Å². The van der Waals surface area contributed by atoms with Crippen molar-refractivity contribution in [1.82, 2.24) is 5.32 Å². The van der Waals surface area contributed by atoms with Gasteiger partial charge in [-0.05, 0) is 30.6 Å². The third kappa shape index (κ3) is 2.58. The Morgan fingerprint density at radius 3 is 2.61 bits per heavy atom. The number of nitrogens with one attached hydrogen (secondary N) is 1. The summed E-state index contributed by atoms with van der Waals surface area (Å²) >= 11 is 0. The first-order valence-corrected chi connectivity index (χ1v) is 6.89. The fourth-order valence-corrected chi connectivity index (χ4v) is 3.71. The van der Waals surface area contributed by atoms with Crippen molar-refractivity contribution in [2.75, 3.05) is 13.7 Å². The molecule has 102 valence electrons. The Balaban J connectivity index is 2.18. The number of rotatable bonds is 4. The molecule has 2 unspecified atom stereocenters. The highest BCUT2D eigenvalue weighted by molar-refractivity contribution is 5.99. The lowest BCUT2D eigenvalue weighted by molar-refractivity contribution is -0.146. The Labute approximate surface area is 108 Å². The second-order valence-corrected chi connectivity index (χ2v) is 6.01. The molecule has 2 rings (SSSR count). The lowest BCUT2D eigenvalue weighted by Gasteiger charge is -2.42. The van der Waals surface area contributed by atoms with Crippen molar-refractivity contribution in [2.24, 2.45) is 17.3 Å². The van der Waals surface area contributed by atoms with E-state index in [1.165, 1.54) is 12.8 Å². The SMILES string of the molecule is COCCC1(C)CC(=O)NC(=O)C1C1CCCC1. The predicted octanol–water partition coefficient (Wildman–Crippen LogP) is 1.88. The number of carbonyl (C=O) groups excluding carboxylic acids is 2. The number of amides is 2. The van der Waals surface area contributed by atoms with Gasteiger partial charge in [-0.2, -0.15) is 0 Å². The third-order valence-corrected chi connectivity index (χ3v) is 4.61. The fraction of sp³-hybridized carbons (Fsp3) is 0.857. The van der Waals surface area contributed by atoms with Gasteiger partial charge in [0.1, 0.15) is 0 Å². The minimum Gasteiger partial charge on any atom is -0.385 e. The van der Waals surface area contributed by atoms with E-state index in [1.807, 2.05) is 0 Å². The van der Waals surface area contributed by atoms with Crippen molar-refractivity contribution < 1.29 is 14.3 Å². The molecule has 2 atom stereocenters. The molecular formula is C14H23NO3. The van der Waals surface area contributed by atoms with Crippen molar-refractivity contribution in [1.29, 1.82) is 0 Å². The van der Waals surface area contributed by atoms with Crippen LogP contribution in [0.2, 0.25) is 0 Å². The summed E-state index contributed by atoms with van der Waals surface area (Å²) < 4.78 is 5.15. The zero-order valence-electron chi connectivity index (χ0n) is 11.3. The van der Waals surface area contributed by atoms with Crippen molar-refractivity contribution in [2.45, 2.75) is 45.4 Å². The first-order valence-electron chi connectivity index (χ1n) is 6.89. The second-order valence-electron chi connectivity index (χ2n) is 6.01. The van der Waals surface area contributed by atoms with Crippen LogP contribution < -0.4 is 5.32 Å². The monoisotopic (exact) mass is 253 g/mol. The molecule has 1 saturated carbocycles. The van der Waals surface area contributed by atoms with E-state index in [2.05, 4.69) is 12.2 Å². The summed E-state index contributed by atoms with van der Waals surface area (Å²) in [5.41, 5.74) is -0.232. The predicted molar refractivity (Wildman–Crippen MR) is 67.8 cm³/mol. The van der Waals surface area contributed by atoms with Gasteiger partial charge in [0.2, 0.25) is 11.8 Å². The number of hydrogen-bond acceptors (Lipinski definition) is 3. The van der Waals surface area contributed by atoms with Gasteiger partial charge >= 0.3 is 0 Å². The van der Waals surface area contributed by atoms with E-state index in [-0.39, 0.29) is 23.1 Å². The normalized spacial score (nSPS) is 33.8. The van der Waals surface area contributed by atoms with E-state index < -0.39 is 0 Å². The van der Waals surface area contributed by atoms with Gasteiger partial charge < -0.3 is 4.74 Å². The van der Waals surface area contributed by atoms with Gasteiger partial charge in [0.05, 0.1) is 0 Å². The van der Waals surface area contributed by atoms with Gasteiger partial charge in [-0.1, -0.05) is 19.8 Å². The van der Waals surface area contributed by atoms with Crippen LogP contribution in [0.1, 0.15) is 45.4 Å². The fourth-order valence-electron chi connectivity index (χ4n) is 3.71. The van der Waals surface area contributed by atoms with E-state index in [1.54, 1.807) is 7.11 Å². The Kier molecular flexibility index (Phi) is 4.05. The lowest BCUT2D eigenvalue weighted by atomic mass is 9.64. The van der Waals surface area contributed by atoms with Crippen LogP contribution in [0, 0.1) is 17.3 Å². The minimum atomic E-state index is -0.232. The Morgan fingerprint density at radius 2 is 2.00 bits per heavy atom. The highest BCUT2D eigenvalue weighted by Crippen LogP contribution is 2.46. The van der Waals surface area contributed by atoms with Gasteiger partial charge in [0, 0.05) is 26.1 Å². The standard InChI is InChI=1S/C14H23NO3/c1-14(7-8-18-2)9-11(16)15-13(17)12(14)10-5-3-4-6-10/h10,12H,3-9H2,1-2H3,(H,15,16,17). The van der Waals surface area contributed by atoms with Crippen LogP contribution in [-0.2, 0) is 14.3 Å². The molecular weight excluding hydrogens is 230 g/mol. The molecule has 4 heteroatoms. The Hall–Kier alpha value is -0.900. The van der Waals surface area contributed by atoms with Crippen molar-refractivity contribution in [3.8, 4) is 0 Å². The summed E-state index contributed by atoms with van der Waals surface area (Å²) in [6, 6.07) is 0. The van der Waals surface area contributed by atoms with Gasteiger partial charge in [-0.3, -0.25) is 14.9 Å². The maximum absolute atomic E-state index is 12.2. The lowest BCUT2D eigenvalue weighted by Crippen LogP contribution is -2.53. The first kappa shape index (κ1) is 13.5. The number of piperidine rings is 1. The number of imide groups is 1. The topological polar surface area (TPSA) is 55.4 Å². The molecule has 18 heavy (non-hydrogen) atoms. The van der Waals surface area contributed by atoms with Crippen molar-refractivity contribution in [3.63, 3.8) is 0 Å². The van der Waals surface area contributed by atoms with E-state index in [9.17, 15) is 9.59 Å². The maximum Gasteiger partial charge on any atom is 0.230 e. The van der Waals surface area contributed by atoms with Crippen LogP contribution in [0.15, 0.2) is 0 Å². The molecule has 2 aliphatic rings. The molecule has 1 saturated heterocycles. The molecule has 1 N–H and O–H groups in total. The Morgan fingerprint density at radius 1 is 1.33 bits per heavy atom. The summed E-state index contributed by atoms with van der Waals surface area (Å²) in [7, 11) is 1.67. The zero-order valence-corrected chi connectivity index (χ0v) is 11.3. The highest BCUT2D eigenvalue weighted by atomic mass is 16.5. The van der Waals surface area contributed by atoms with Gasteiger partial charge in [-0.15, -0.1) is 0 Å². The van der Waals surface area contributed by atoms with E-state index in [0.29, 0.717) is 18.9 Å². The molecule has 2 fully saturated rings. The average molecular weight is 253 g/mol. The van der Waals surface area contributed by atoms with Gasteiger partial charge in [-0.25, -0.2) is 0 Å². The quantitative estimate of drug-likeness (QED) is 0.778. The molecule has 1 aliphatic heterocycles. The number of carbonyl (C=O) groups is 2. The summed E-state index contributed by atoms with van der Waals surface area (Å²) in [5.74, 6) is 0.234. The summed E-state index contributed by atoms with van der Waals surface area (Å²) in [6.07, 6.45) is 5.89.